The van der Waals surface area contributed by atoms with Gasteiger partial charge < -0.3 is 9.47 Å². The van der Waals surface area contributed by atoms with E-state index in [4.69, 9.17) is 9.47 Å². The highest BCUT2D eigenvalue weighted by Gasteiger charge is 2.23. The fourth-order valence-corrected chi connectivity index (χ4v) is 3.31. The predicted octanol–water partition coefficient (Wildman–Crippen LogP) is 4.75. The zero-order chi connectivity index (χ0) is 21.2. The number of nitro groups is 1. The first-order valence-electron chi connectivity index (χ1n) is 9.53. The van der Waals surface area contributed by atoms with Crippen LogP contribution in [0.3, 0.4) is 0 Å². The fourth-order valence-electron chi connectivity index (χ4n) is 3.31. The van der Waals surface area contributed by atoms with Gasteiger partial charge >= 0.3 is 11.7 Å². The van der Waals surface area contributed by atoms with Gasteiger partial charge in [0.05, 0.1) is 12.0 Å². The maximum Gasteiger partial charge on any atom is 0.305 e. The summed E-state index contributed by atoms with van der Waals surface area (Å²) in [6.07, 6.45) is 15.0. The second-order valence-corrected chi connectivity index (χ2v) is 6.89. The number of halogens is 1. The lowest BCUT2D eigenvalue weighted by Crippen LogP contribution is -2.11. The molecule has 2 atom stereocenters. The summed E-state index contributed by atoms with van der Waals surface area (Å²) < 4.78 is 22.7. The Kier molecular flexibility index (Phi) is 8.58. The number of nitrogens with zero attached hydrogens (tertiary/aromatic N) is 1. The van der Waals surface area contributed by atoms with E-state index in [0.717, 1.165) is 25.7 Å². The summed E-state index contributed by atoms with van der Waals surface area (Å²) in [6, 6.07) is 0. The van der Waals surface area contributed by atoms with Gasteiger partial charge in [-0.15, -0.1) is 0 Å². The zero-order valence-corrected chi connectivity index (χ0v) is 16.5. The summed E-state index contributed by atoms with van der Waals surface area (Å²) in [5, 5.41) is 11.1. The summed E-state index contributed by atoms with van der Waals surface area (Å²) in [6.45, 7) is 2.75. The van der Waals surface area contributed by atoms with E-state index in [1.165, 1.54) is 36.5 Å². The van der Waals surface area contributed by atoms with Crippen molar-refractivity contribution in [2.24, 2.45) is 5.92 Å². The van der Waals surface area contributed by atoms with Crippen LogP contribution in [0.2, 0.25) is 0 Å². The summed E-state index contributed by atoms with van der Waals surface area (Å²) >= 11 is 0. The standard InChI is InChI=1S/C22H26FNO5/c1-16(24(26)27)21(5-3-4-14-23)29-20-11-9-18-8-6-17(7-13-22(25)28-2)15-19(18)10-12-20/h3-5,9-12,17,20H,1,6-8,13-15H2,2H3/b4-3-,21-5+. The molecule has 2 rings (SSSR count). The molecule has 2 aliphatic carbocycles. The van der Waals surface area contributed by atoms with Gasteiger partial charge in [-0.2, -0.15) is 0 Å². The molecule has 156 valence electrons. The Hall–Kier alpha value is -2.96. The van der Waals surface area contributed by atoms with E-state index in [1.807, 2.05) is 24.3 Å². The molecule has 2 aliphatic rings. The highest BCUT2D eigenvalue weighted by Crippen LogP contribution is 2.35. The SMILES string of the molecule is C=C(/C(=C\C=C/CF)OC1C=CC2=C(C=C1)CC(CCC(=O)OC)CC2)[N+](=O)[O-]. The minimum atomic E-state index is -0.675. The molecule has 0 bridgehead atoms. The molecule has 0 radical (unpaired) electrons. The van der Waals surface area contributed by atoms with Crippen LogP contribution in [0.25, 0.3) is 0 Å². The molecule has 0 aromatic rings. The van der Waals surface area contributed by atoms with Crippen molar-refractivity contribution in [2.75, 3.05) is 13.8 Å². The van der Waals surface area contributed by atoms with Crippen LogP contribution in [0, 0.1) is 16.0 Å². The molecule has 0 amide bonds. The van der Waals surface area contributed by atoms with E-state index in [9.17, 15) is 19.3 Å². The largest absolute Gasteiger partial charge is 0.475 e. The van der Waals surface area contributed by atoms with Crippen molar-refractivity contribution in [3.63, 3.8) is 0 Å². The number of ether oxygens (including phenoxy) is 2. The normalized spacial score (nSPS) is 21.7. The lowest BCUT2D eigenvalue weighted by atomic mass is 9.81. The summed E-state index contributed by atoms with van der Waals surface area (Å²) in [5.41, 5.74) is 2.00. The molecule has 0 N–H and O–H groups in total. The second-order valence-electron chi connectivity index (χ2n) is 6.89. The maximum atomic E-state index is 12.3. The van der Waals surface area contributed by atoms with Crippen molar-refractivity contribution in [1.82, 2.24) is 0 Å². The van der Waals surface area contributed by atoms with Crippen molar-refractivity contribution >= 4 is 5.97 Å². The van der Waals surface area contributed by atoms with Gasteiger partial charge in [0, 0.05) is 6.42 Å². The van der Waals surface area contributed by atoms with Crippen LogP contribution in [0.15, 0.2) is 71.7 Å². The summed E-state index contributed by atoms with van der Waals surface area (Å²) in [7, 11) is 1.40. The Morgan fingerprint density at radius 3 is 2.76 bits per heavy atom. The van der Waals surface area contributed by atoms with Crippen LogP contribution in [0.1, 0.15) is 32.1 Å². The van der Waals surface area contributed by atoms with Gasteiger partial charge in [-0.25, -0.2) is 4.39 Å². The van der Waals surface area contributed by atoms with Gasteiger partial charge in [0.25, 0.3) is 0 Å². The van der Waals surface area contributed by atoms with Gasteiger partial charge in [0.1, 0.15) is 12.8 Å². The average Bonchev–Trinajstić information content (AvgIpc) is 2.92. The average molecular weight is 403 g/mol. The third-order valence-electron chi connectivity index (χ3n) is 4.94. The molecule has 0 spiro atoms. The first kappa shape index (κ1) is 22.3. The van der Waals surface area contributed by atoms with Crippen molar-refractivity contribution in [3.05, 3.63) is 81.8 Å². The molecule has 0 aromatic heterocycles. The Morgan fingerprint density at radius 2 is 2.10 bits per heavy atom. The third-order valence-corrected chi connectivity index (χ3v) is 4.94. The van der Waals surface area contributed by atoms with Crippen molar-refractivity contribution in [2.45, 2.75) is 38.2 Å². The van der Waals surface area contributed by atoms with E-state index in [2.05, 4.69) is 6.58 Å². The molecule has 29 heavy (non-hydrogen) atoms. The lowest BCUT2D eigenvalue weighted by molar-refractivity contribution is -0.423. The Morgan fingerprint density at radius 1 is 1.38 bits per heavy atom. The van der Waals surface area contributed by atoms with Gasteiger partial charge in [-0.3, -0.25) is 14.9 Å². The summed E-state index contributed by atoms with van der Waals surface area (Å²) in [5.74, 6) is 0.204. The van der Waals surface area contributed by atoms with Crippen molar-refractivity contribution in [1.29, 1.82) is 0 Å². The quantitative estimate of drug-likeness (QED) is 0.183. The lowest BCUT2D eigenvalue weighted by Gasteiger charge is -2.24. The number of hydrogen-bond acceptors (Lipinski definition) is 5. The summed E-state index contributed by atoms with van der Waals surface area (Å²) in [4.78, 5) is 21.8. The monoisotopic (exact) mass is 403 g/mol. The van der Waals surface area contributed by atoms with Crippen LogP contribution >= 0.6 is 0 Å². The molecule has 0 saturated carbocycles. The number of carbonyl (C=O) groups excluding carboxylic acids is 1. The van der Waals surface area contributed by atoms with Crippen molar-refractivity contribution < 1.29 is 23.6 Å². The number of rotatable bonds is 9. The first-order chi connectivity index (χ1) is 13.9. The number of alkyl halides is 1. The molecule has 7 heteroatoms. The Balaban J connectivity index is 2.05. The Bertz CT molecular complexity index is 791. The molecule has 2 unspecified atom stereocenters. The molecular weight excluding hydrogens is 377 g/mol. The van der Waals surface area contributed by atoms with E-state index in [0.29, 0.717) is 12.3 Å². The van der Waals surface area contributed by atoms with Crippen molar-refractivity contribution in [3.8, 4) is 0 Å². The van der Waals surface area contributed by atoms with Gasteiger partial charge in [-0.05, 0) is 67.6 Å². The zero-order valence-electron chi connectivity index (χ0n) is 16.5. The predicted molar refractivity (Wildman–Crippen MR) is 108 cm³/mol. The van der Waals surface area contributed by atoms with E-state index in [-0.39, 0.29) is 17.4 Å². The maximum absolute atomic E-state index is 12.3. The fraction of sp³-hybridized carbons (Fsp3) is 0.409. The van der Waals surface area contributed by atoms with Gasteiger partial charge in [-0.1, -0.05) is 24.3 Å². The number of esters is 1. The smallest absolute Gasteiger partial charge is 0.305 e. The van der Waals surface area contributed by atoms with Crippen LogP contribution in [0.5, 0.6) is 0 Å². The molecule has 0 aliphatic heterocycles. The van der Waals surface area contributed by atoms with Crippen LogP contribution in [-0.2, 0) is 14.3 Å². The number of hydrogen-bond donors (Lipinski definition) is 0. The van der Waals surface area contributed by atoms with Crippen LogP contribution in [0.4, 0.5) is 4.39 Å². The molecule has 0 fully saturated rings. The number of allylic oxidation sites excluding steroid dienone is 7. The van der Waals surface area contributed by atoms with Gasteiger partial charge in [0.2, 0.25) is 0 Å². The van der Waals surface area contributed by atoms with E-state index >= 15 is 0 Å². The van der Waals surface area contributed by atoms with Crippen LogP contribution < -0.4 is 0 Å². The number of methoxy groups -OCH3 is 1. The molecule has 0 heterocycles. The topological polar surface area (TPSA) is 78.7 Å². The van der Waals surface area contributed by atoms with E-state index in [1.54, 1.807) is 0 Å². The molecule has 0 aromatic carbocycles. The minimum Gasteiger partial charge on any atom is -0.475 e. The molecular formula is C22H26FNO5. The van der Waals surface area contributed by atoms with Crippen LogP contribution in [-0.4, -0.2) is 30.8 Å². The second kappa shape index (κ2) is 11.1. The Labute approximate surface area is 169 Å². The highest BCUT2D eigenvalue weighted by atomic mass is 19.1. The highest BCUT2D eigenvalue weighted by molar-refractivity contribution is 5.69. The van der Waals surface area contributed by atoms with Gasteiger partial charge in [0.15, 0.2) is 5.76 Å². The third kappa shape index (κ3) is 6.85. The first-order valence-corrected chi connectivity index (χ1v) is 9.53. The van der Waals surface area contributed by atoms with E-state index < -0.39 is 17.7 Å². The minimum absolute atomic E-state index is 0.0187. The number of carbonyl (C=O) groups is 1. The molecule has 6 nitrogen and oxygen atoms in total. The molecule has 0 saturated heterocycles.